The zero-order chi connectivity index (χ0) is 10.8. The lowest BCUT2D eigenvalue weighted by molar-refractivity contribution is 0.0261. The van der Waals surface area contributed by atoms with Gasteiger partial charge in [-0.05, 0) is 6.07 Å². The van der Waals surface area contributed by atoms with E-state index < -0.39 is 11.6 Å². The fraction of sp³-hybridized carbons (Fsp3) is 0.400. The van der Waals surface area contributed by atoms with E-state index in [2.05, 4.69) is 5.32 Å². The van der Waals surface area contributed by atoms with Crippen molar-refractivity contribution in [2.75, 3.05) is 19.7 Å². The Bertz CT molecular complexity index is 364. The van der Waals surface area contributed by atoms with Crippen LogP contribution in [0, 0.1) is 5.82 Å². The number of ether oxygens (including phenoxy) is 1. The van der Waals surface area contributed by atoms with Crippen LogP contribution in [-0.4, -0.2) is 29.9 Å². The van der Waals surface area contributed by atoms with E-state index in [0.29, 0.717) is 18.7 Å². The number of phenolic OH excluding ortho intramolecular Hbond substituents is 2. The van der Waals surface area contributed by atoms with Gasteiger partial charge in [0.05, 0.1) is 12.7 Å². The lowest BCUT2D eigenvalue weighted by atomic mass is 10.1. The maximum absolute atomic E-state index is 12.9. The topological polar surface area (TPSA) is 61.7 Å². The number of aromatic hydroxyl groups is 2. The van der Waals surface area contributed by atoms with E-state index in [-0.39, 0.29) is 11.9 Å². The minimum Gasteiger partial charge on any atom is -0.507 e. The molecule has 0 aromatic heterocycles. The molecule has 82 valence electrons. The Morgan fingerprint density at radius 1 is 1.33 bits per heavy atom. The second-order valence-corrected chi connectivity index (χ2v) is 3.43. The van der Waals surface area contributed by atoms with Crippen LogP contribution >= 0.6 is 0 Å². The molecule has 3 N–H and O–H groups in total. The van der Waals surface area contributed by atoms with Gasteiger partial charge in [0.1, 0.15) is 5.75 Å². The summed E-state index contributed by atoms with van der Waals surface area (Å²) < 4.78 is 18.2. The van der Waals surface area contributed by atoms with Crippen molar-refractivity contribution in [3.05, 3.63) is 23.5 Å². The van der Waals surface area contributed by atoms with Crippen molar-refractivity contribution in [3.63, 3.8) is 0 Å². The summed E-state index contributed by atoms with van der Waals surface area (Å²) in [4.78, 5) is 0. The molecule has 0 saturated carbocycles. The van der Waals surface area contributed by atoms with Crippen LogP contribution in [0.4, 0.5) is 4.39 Å². The normalized spacial score (nSPS) is 21.5. The third-order valence-electron chi connectivity index (χ3n) is 2.37. The van der Waals surface area contributed by atoms with Gasteiger partial charge in [0, 0.05) is 24.7 Å². The van der Waals surface area contributed by atoms with E-state index in [0.717, 1.165) is 12.6 Å². The van der Waals surface area contributed by atoms with Gasteiger partial charge in [0.15, 0.2) is 11.6 Å². The summed E-state index contributed by atoms with van der Waals surface area (Å²) in [6.45, 7) is 1.82. The Labute approximate surface area is 86.3 Å². The third-order valence-corrected chi connectivity index (χ3v) is 2.37. The average Bonchev–Trinajstić information content (AvgIpc) is 2.25. The molecule has 15 heavy (non-hydrogen) atoms. The lowest BCUT2D eigenvalue weighted by Crippen LogP contribution is -2.33. The molecule has 0 spiro atoms. The molecule has 1 aliphatic rings. The zero-order valence-electron chi connectivity index (χ0n) is 8.03. The maximum atomic E-state index is 12.9. The minimum absolute atomic E-state index is 0.195. The van der Waals surface area contributed by atoms with Crippen molar-refractivity contribution < 1.29 is 19.3 Å². The smallest absolute Gasteiger partial charge is 0.168 e. The van der Waals surface area contributed by atoms with Crippen LogP contribution in [-0.2, 0) is 4.74 Å². The maximum Gasteiger partial charge on any atom is 0.168 e. The molecule has 1 aliphatic heterocycles. The van der Waals surface area contributed by atoms with Crippen LogP contribution in [0.3, 0.4) is 0 Å². The summed E-state index contributed by atoms with van der Waals surface area (Å²) in [5.74, 6) is -1.50. The molecular formula is C10H12FNO3. The molecule has 5 heteroatoms. The minimum atomic E-state index is -0.833. The van der Waals surface area contributed by atoms with Crippen molar-refractivity contribution in [2.24, 2.45) is 0 Å². The quantitative estimate of drug-likeness (QED) is 0.606. The molecule has 2 rings (SSSR count). The molecule has 0 radical (unpaired) electrons. The van der Waals surface area contributed by atoms with Gasteiger partial charge in [-0.25, -0.2) is 4.39 Å². The van der Waals surface area contributed by atoms with Crippen molar-refractivity contribution >= 4 is 0 Å². The molecule has 1 heterocycles. The summed E-state index contributed by atoms with van der Waals surface area (Å²) in [6.07, 6.45) is -0.342. The van der Waals surface area contributed by atoms with Crippen LogP contribution < -0.4 is 5.32 Å². The van der Waals surface area contributed by atoms with Gasteiger partial charge in [-0.1, -0.05) is 0 Å². The summed E-state index contributed by atoms with van der Waals surface area (Å²) in [5, 5.41) is 21.8. The molecule has 1 aromatic rings. The summed E-state index contributed by atoms with van der Waals surface area (Å²) in [6, 6.07) is 2.09. The van der Waals surface area contributed by atoms with E-state index >= 15 is 0 Å². The highest BCUT2D eigenvalue weighted by molar-refractivity contribution is 5.41. The van der Waals surface area contributed by atoms with Crippen molar-refractivity contribution in [2.45, 2.75) is 6.10 Å². The molecule has 0 amide bonds. The van der Waals surface area contributed by atoms with Crippen molar-refractivity contribution in [1.82, 2.24) is 5.32 Å². The first-order valence-electron chi connectivity index (χ1n) is 4.72. The number of nitrogens with one attached hydrogen (secondary N) is 1. The monoisotopic (exact) mass is 213 g/mol. The molecule has 0 aliphatic carbocycles. The molecule has 1 atom stereocenters. The van der Waals surface area contributed by atoms with Gasteiger partial charge < -0.3 is 20.3 Å². The van der Waals surface area contributed by atoms with Crippen LogP contribution in [0.5, 0.6) is 11.5 Å². The molecule has 1 fully saturated rings. The summed E-state index contributed by atoms with van der Waals surface area (Å²) in [5.41, 5.74) is 0.404. The molecule has 1 aromatic carbocycles. The predicted molar refractivity (Wildman–Crippen MR) is 51.3 cm³/mol. The second kappa shape index (κ2) is 4.04. The van der Waals surface area contributed by atoms with Gasteiger partial charge >= 0.3 is 0 Å². The van der Waals surface area contributed by atoms with Crippen LogP contribution in [0.1, 0.15) is 11.7 Å². The fourth-order valence-corrected chi connectivity index (χ4v) is 1.59. The van der Waals surface area contributed by atoms with Gasteiger partial charge in [-0.15, -0.1) is 0 Å². The van der Waals surface area contributed by atoms with Gasteiger partial charge in [-0.3, -0.25) is 0 Å². The van der Waals surface area contributed by atoms with Crippen LogP contribution in [0.2, 0.25) is 0 Å². The number of hydrogen-bond donors (Lipinski definition) is 3. The SMILES string of the molecule is Oc1cc(C2CNCCO2)c(O)cc1F. The number of hydrogen-bond acceptors (Lipinski definition) is 4. The molecule has 1 unspecified atom stereocenters. The number of benzene rings is 1. The van der Waals surface area contributed by atoms with E-state index in [1.54, 1.807) is 0 Å². The Kier molecular flexibility index (Phi) is 2.75. The highest BCUT2D eigenvalue weighted by Crippen LogP contribution is 2.32. The molecular weight excluding hydrogens is 201 g/mol. The average molecular weight is 213 g/mol. The van der Waals surface area contributed by atoms with Crippen LogP contribution in [0.15, 0.2) is 12.1 Å². The zero-order valence-corrected chi connectivity index (χ0v) is 8.03. The summed E-state index contributed by atoms with van der Waals surface area (Å²) in [7, 11) is 0. The van der Waals surface area contributed by atoms with Crippen LogP contribution in [0.25, 0.3) is 0 Å². The Balaban J connectivity index is 2.30. The molecule has 1 saturated heterocycles. The van der Waals surface area contributed by atoms with Crippen molar-refractivity contribution in [3.8, 4) is 11.5 Å². The second-order valence-electron chi connectivity index (χ2n) is 3.43. The van der Waals surface area contributed by atoms with Gasteiger partial charge in [0.2, 0.25) is 0 Å². The Morgan fingerprint density at radius 2 is 2.13 bits per heavy atom. The van der Waals surface area contributed by atoms with Crippen molar-refractivity contribution in [1.29, 1.82) is 0 Å². The van der Waals surface area contributed by atoms with E-state index in [1.807, 2.05) is 0 Å². The van der Waals surface area contributed by atoms with Gasteiger partial charge in [-0.2, -0.15) is 0 Å². The number of phenols is 2. The third kappa shape index (κ3) is 2.03. The lowest BCUT2D eigenvalue weighted by Gasteiger charge is -2.24. The van der Waals surface area contributed by atoms with E-state index in [9.17, 15) is 14.6 Å². The number of halogens is 1. The fourth-order valence-electron chi connectivity index (χ4n) is 1.59. The standard InChI is InChI=1S/C10H12FNO3/c11-7-4-8(13)6(3-9(7)14)10-5-12-1-2-15-10/h3-4,10,12-14H,1-2,5H2. The number of morpholine rings is 1. The Morgan fingerprint density at radius 3 is 2.80 bits per heavy atom. The first-order chi connectivity index (χ1) is 7.18. The van der Waals surface area contributed by atoms with E-state index in [1.165, 1.54) is 6.07 Å². The predicted octanol–water partition coefficient (Wildman–Crippen LogP) is 0.898. The highest BCUT2D eigenvalue weighted by atomic mass is 19.1. The largest absolute Gasteiger partial charge is 0.507 e. The highest BCUT2D eigenvalue weighted by Gasteiger charge is 2.20. The van der Waals surface area contributed by atoms with E-state index in [4.69, 9.17) is 4.74 Å². The molecule has 4 nitrogen and oxygen atoms in total. The number of rotatable bonds is 1. The summed E-state index contributed by atoms with van der Waals surface area (Å²) >= 11 is 0. The first kappa shape index (κ1) is 10.2. The first-order valence-corrected chi connectivity index (χ1v) is 4.72. The Hall–Kier alpha value is -1.33. The van der Waals surface area contributed by atoms with Gasteiger partial charge in [0.25, 0.3) is 0 Å². The molecule has 0 bridgehead atoms.